The highest BCUT2D eigenvalue weighted by atomic mass is 16.5. The highest BCUT2D eigenvalue weighted by Gasteiger charge is 2.31. The smallest absolute Gasteiger partial charge is 0.251 e. The van der Waals surface area contributed by atoms with Crippen molar-refractivity contribution >= 4 is 5.91 Å². The third-order valence-corrected chi connectivity index (χ3v) is 3.53. The molecule has 0 aliphatic carbocycles. The van der Waals surface area contributed by atoms with Gasteiger partial charge in [0.2, 0.25) is 0 Å². The van der Waals surface area contributed by atoms with Crippen molar-refractivity contribution in [2.45, 2.75) is 51.2 Å². The Morgan fingerprint density at radius 1 is 1.56 bits per heavy atom. The number of nitrogens with one attached hydrogen (secondary N) is 2. The van der Waals surface area contributed by atoms with Crippen LogP contribution in [0.4, 0.5) is 0 Å². The molecule has 2 N–H and O–H groups in total. The van der Waals surface area contributed by atoms with Crippen molar-refractivity contribution in [3.05, 3.63) is 0 Å². The van der Waals surface area contributed by atoms with E-state index >= 15 is 0 Å². The van der Waals surface area contributed by atoms with Crippen molar-refractivity contribution in [3.63, 3.8) is 0 Å². The van der Waals surface area contributed by atoms with Crippen LogP contribution in [0.5, 0.6) is 0 Å². The first-order valence-corrected chi connectivity index (χ1v) is 6.19. The molecule has 0 bridgehead atoms. The Hall–Kier alpha value is -0.610. The summed E-state index contributed by atoms with van der Waals surface area (Å²) in [7, 11) is 1.59. The summed E-state index contributed by atoms with van der Waals surface area (Å²) in [5.74, 6) is -0.00938. The molecule has 0 radical (unpaired) electrons. The van der Waals surface area contributed by atoms with E-state index in [0.717, 1.165) is 13.0 Å². The van der Waals surface area contributed by atoms with Crippen molar-refractivity contribution in [3.8, 4) is 0 Å². The van der Waals surface area contributed by atoms with E-state index in [1.54, 1.807) is 7.11 Å². The van der Waals surface area contributed by atoms with Crippen molar-refractivity contribution in [1.82, 2.24) is 10.6 Å². The van der Waals surface area contributed by atoms with Crippen LogP contribution in [0.3, 0.4) is 0 Å². The molecule has 0 aromatic rings. The molecule has 94 valence electrons. The molecule has 4 nitrogen and oxygen atoms in total. The molecule has 2 atom stereocenters. The van der Waals surface area contributed by atoms with Crippen LogP contribution in [0.25, 0.3) is 0 Å². The van der Waals surface area contributed by atoms with E-state index in [-0.39, 0.29) is 5.91 Å². The summed E-state index contributed by atoms with van der Waals surface area (Å²) in [6.45, 7) is 5.56. The SMILES string of the molecule is CCC(C)(OC)C(=O)NCC1CCCCN1. The molecular weight excluding hydrogens is 204 g/mol. The van der Waals surface area contributed by atoms with Gasteiger partial charge in [-0.3, -0.25) is 4.79 Å². The zero-order valence-electron chi connectivity index (χ0n) is 10.6. The summed E-state index contributed by atoms with van der Waals surface area (Å²) in [5, 5.41) is 6.37. The molecular formula is C12H24N2O2. The molecule has 16 heavy (non-hydrogen) atoms. The number of methoxy groups -OCH3 is 1. The topological polar surface area (TPSA) is 50.4 Å². The van der Waals surface area contributed by atoms with Gasteiger partial charge in [-0.05, 0) is 32.7 Å². The number of rotatable bonds is 5. The average molecular weight is 228 g/mol. The first-order chi connectivity index (χ1) is 7.62. The minimum absolute atomic E-state index is 0.00938. The molecule has 1 rings (SSSR count). The molecule has 0 saturated carbocycles. The van der Waals surface area contributed by atoms with Crippen LogP contribution in [0, 0.1) is 0 Å². The lowest BCUT2D eigenvalue weighted by molar-refractivity contribution is -0.141. The fourth-order valence-corrected chi connectivity index (χ4v) is 1.90. The number of ether oxygens (including phenoxy) is 1. The van der Waals surface area contributed by atoms with E-state index in [4.69, 9.17) is 4.74 Å². The van der Waals surface area contributed by atoms with Gasteiger partial charge in [0, 0.05) is 19.7 Å². The van der Waals surface area contributed by atoms with E-state index in [1.165, 1.54) is 12.8 Å². The maximum atomic E-state index is 11.9. The van der Waals surface area contributed by atoms with Crippen molar-refractivity contribution in [1.29, 1.82) is 0 Å². The van der Waals surface area contributed by atoms with Crippen LogP contribution in [0.1, 0.15) is 39.5 Å². The Kier molecular flexibility index (Phi) is 5.22. The Labute approximate surface area is 98.1 Å². The maximum Gasteiger partial charge on any atom is 0.251 e. The van der Waals surface area contributed by atoms with E-state index in [9.17, 15) is 4.79 Å². The van der Waals surface area contributed by atoms with Gasteiger partial charge in [-0.15, -0.1) is 0 Å². The maximum absolute atomic E-state index is 11.9. The summed E-state index contributed by atoms with van der Waals surface area (Å²) in [4.78, 5) is 11.9. The van der Waals surface area contributed by atoms with Crippen LogP contribution >= 0.6 is 0 Å². The molecule has 2 unspecified atom stereocenters. The van der Waals surface area contributed by atoms with Gasteiger partial charge in [0.25, 0.3) is 5.91 Å². The van der Waals surface area contributed by atoms with Gasteiger partial charge < -0.3 is 15.4 Å². The van der Waals surface area contributed by atoms with E-state index in [0.29, 0.717) is 19.0 Å². The minimum atomic E-state index is -0.686. The lowest BCUT2D eigenvalue weighted by Gasteiger charge is -2.28. The number of carbonyl (C=O) groups excluding carboxylic acids is 1. The number of carbonyl (C=O) groups is 1. The first-order valence-electron chi connectivity index (χ1n) is 6.19. The monoisotopic (exact) mass is 228 g/mol. The lowest BCUT2D eigenvalue weighted by Crippen LogP contribution is -2.50. The first kappa shape index (κ1) is 13.5. The number of piperidine rings is 1. The van der Waals surface area contributed by atoms with Gasteiger partial charge in [-0.1, -0.05) is 13.3 Å². The van der Waals surface area contributed by atoms with Gasteiger partial charge in [-0.25, -0.2) is 0 Å². The largest absolute Gasteiger partial charge is 0.369 e. The third kappa shape index (κ3) is 3.46. The quantitative estimate of drug-likeness (QED) is 0.740. The zero-order valence-corrected chi connectivity index (χ0v) is 10.6. The molecule has 0 aromatic carbocycles. The van der Waals surface area contributed by atoms with E-state index in [2.05, 4.69) is 10.6 Å². The molecule has 1 saturated heterocycles. The Bertz CT molecular complexity index is 221. The summed E-state index contributed by atoms with van der Waals surface area (Å²) in [6.07, 6.45) is 4.33. The van der Waals surface area contributed by atoms with Gasteiger partial charge in [0.05, 0.1) is 0 Å². The Balaban J connectivity index is 2.33. The fraction of sp³-hybridized carbons (Fsp3) is 0.917. The molecule has 1 fully saturated rings. The summed E-state index contributed by atoms with van der Waals surface area (Å²) in [6, 6.07) is 0.427. The summed E-state index contributed by atoms with van der Waals surface area (Å²) < 4.78 is 5.26. The minimum Gasteiger partial charge on any atom is -0.369 e. The van der Waals surface area contributed by atoms with Crippen molar-refractivity contribution < 1.29 is 9.53 Å². The van der Waals surface area contributed by atoms with Crippen LogP contribution in [0.2, 0.25) is 0 Å². The van der Waals surface area contributed by atoms with Gasteiger partial charge in [-0.2, -0.15) is 0 Å². The molecule has 1 aliphatic heterocycles. The van der Waals surface area contributed by atoms with E-state index in [1.807, 2.05) is 13.8 Å². The highest BCUT2D eigenvalue weighted by molar-refractivity contribution is 5.84. The second-order valence-electron chi connectivity index (χ2n) is 4.65. The Morgan fingerprint density at radius 3 is 2.81 bits per heavy atom. The highest BCUT2D eigenvalue weighted by Crippen LogP contribution is 2.14. The number of hydrogen-bond acceptors (Lipinski definition) is 3. The van der Waals surface area contributed by atoms with Crippen molar-refractivity contribution in [2.75, 3.05) is 20.2 Å². The van der Waals surface area contributed by atoms with Crippen LogP contribution in [-0.2, 0) is 9.53 Å². The number of amides is 1. The van der Waals surface area contributed by atoms with Gasteiger partial charge in [0.15, 0.2) is 0 Å². The molecule has 1 aliphatic rings. The molecule has 0 aromatic heterocycles. The second-order valence-corrected chi connectivity index (χ2v) is 4.65. The standard InChI is InChI=1S/C12H24N2O2/c1-4-12(2,16-3)11(15)14-9-10-7-5-6-8-13-10/h10,13H,4-9H2,1-3H3,(H,14,15). The Morgan fingerprint density at radius 2 is 2.31 bits per heavy atom. The molecule has 1 amide bonds. The second kappa shape index (κ2) is 6.21. The van der Waals surface area contributed by atoms with Gasteiger partial charge >= 0.3 is 0 Å². The summed E-state index contributed by atoms with van der Waals surface area (Å²) in [5.41, 5.74) is -0.686. The normalized spacial score (nSPS) is 24.8. The number of hydrogen-bond donors (Lipinski definition) is 2. The predicted molar refractivity (Wildman–Crippen MR) is 64.4 cm³/mol. The molecule has 4 heteroatoms. The molecule has 0 spiro atoms. The fourth-order valence-electron chi connectivity index (χ4n) is 1.90. The van der Waals surface area contributed by atoms with Crippen LogP contribution < -0.4 is 10.6 Å². The average Bonchev–Trinajstić information content (AvgIpc) is 2.36. The summed E-state index contributed by atoms with van der Waals surface area (Å²) >= 11 is 0. The van der Waals surface area contributed by atoms with Gasteiger partial charge in [0.1, 0.15) is 5.60 Å². The van der Waals surface area contributed by atoms with E-state index < -0.39 is 5.60 Å². The van der Waals surface area contributed by atoms with Crippen LogP contribution in [0.15, 0.2) is 0 Å². The van der Waals surface area contributed by atoms with Crippen molar-refractivity contribution in [2.24, 2.45) is 0 Å². The third-order valence-electron chi connectivity index (χ3n) is 3.53. The van der Waals surface area contributed by atoms with Crippen LogP contribution in [-0.4, -0.2) is 37.7 Å². The zero-order chi connectivity index (χ0) is 12.0. The molecule has 1 heterocycles. The lowest BCUT2D eigenvalue weighted by atomic mass is 10.0. The predicted octanol–water partition coefficient (Wildman–Crippen LogP) is 1.06.